The summed E-state index contributed by atoms with van der Waals surface area (Å²) in [5.74, 6) is 0.503. The Bertz CT molecular complexity index is 495. The number of carbonyl (C=O) groups excluding carboxylic acids is 2. The minimum atomic E-state index is -0.417. The van der Waals surface area contributed by atoms with Gasteiger partial charge in [0.15, 0.2) is 0 Å². The summed E-state index contributed by atoms with van der Waals surface area (Å²) < 4.78 is 5.37. The fourth-order valence-corrected chi connectivity index (χ4v) is 4.59. The molecule has 0 aromatic carbocycles. The Morgan fingerprint density at radius 3 is 2.30 bits per heavy atom. The zero-order valence-electron chi connectivity index (χ0n) is 16.8. The SMILES string of the molecule is CN(C(=O)CN1CCN(C(=O)C(N)C2CCOCC2)CC1)C1CCCCC1. The molecule has 2 aliphatic heterocycles. The lowest BCUT2D eigenvalue weighted by Crippen LogP contribution is -2.56. The van der Waals surface area contributed by atoms with E-state index in [1.165, 1.54) is 19.3 Å². The van der Waals surface area contributed by atoms with Crippen LogP contribution in [0.2, 0.25) is 0 Å². The Hall–Kier alpha value is -1.18. The van der Waals surface area contributed by atoms with Crippen molar-refractivity contribution >= 4 is 11.8 Å². The van der Waals surface area contributed by atoms with Gasteiger partial charge in [-0.25, -0.2) is 0 Å². The number of hydrogen-bond acceptors (Lipinski definition) is 5. The maximum absolute atomic E-state index is 12.7. The molecule has 1 saturated carbocycles. The molecular weight excluding hydrogens is 344 g/mol. The topological polar surface area (TPSA) is 79.1 Å². The molecule has 2 saturated heterocycles. The van der Waals surface area contributed by atoms with E-state index in [1.54, 1.807) is 0 Å². The van der Waals surface area contributed by atoms with Crippen LogP contribution in [0.15, 0.2) is 0 Å². The van der Waals surface area contributed by atoms with Crippen LogP contribution in [0, 0.1) is 5.92 Å². The van der Waals surface area contributed by atoms with Gasteiger partial charge in [0.1, 0.15) is 0 Å². The van der Waals surface area contributed by atoms with E-state index < -0.39 is 6.04 Å². The Labute approximate surface area is 163 Å². The third-order valence-electron chi connectivity index (χ3n) is 6.62. The summed E-state index contributed by atoms with van der Waals surface area (Å²) in [5.41, 5.74) is 6.24. The number of nitrogens with zero attached hydrogens (tertiary/aromatic N) is 3. The minimum Gasteiger partial charge on any atom is -0.381 e. The van der Waals surface area contributed by atoms with Crippen molar-refractivity contribution in [2.24, 2.45) is 11.7 Å². The summed E-state index contributed by atoms with van der Waals surface area (Å²) in [6, 6.07) is -0.00824. The van der Waals surface area contributed by atoms with Gasteiger partial charge in [0.2, 0.25) is 11.8 Å². The molecule has 1 aliphatic carbocycles. The summed E-state index contributed by atoms with van der Waals surface area (Å²) in [6.07, 6.45) is 7.77. The normalized spacial score (nSPS) is 24.6. The van der Waals surface area contributed by atoms with Crippen molar-refractivity contribution in [1.82, 2.24) is 14.7 Å². The molecule has 3 rings (SSSR count). The number of hydrogen-bond donors (Lipinski definition) is 1. The molecule has 3 aliphatic rings. The van der Waals surface area contributed by atoms with Gasteiger partial charge in [0.05, 0.1) is 12.6 Å². The lowest BCUT2D eigenvalue weighted by molar-refractivity contribution is -0.138. The van der Waals surface area contributed by atoms with E-state index in [0.29, 0.717) is 38.9 Å². The number of nitrogens with two attached hydrogens (primary N) is 1. The molecule has 2 heterocycles. The highest BCUT2D eigenvalue weighted by Crippen LogP contribution is 2.22. The third-order valence-corrected chi connectivity index (χ3v) is 6.62. The number of ether oxygens (including phenoxy) is 1. The minimum absolute atomic E-state index is 0.0622. The summed E-state index contributed by atoms with van der Waals surface area (Å²) in [5, 5.41) is 0. The van der Waals surface area contributed by atoms with Crippen molar-refractivity contribution < 1.29 is 14.3 Å². The van der Waals surface area contributed by atoms with Crippen LogP contribution in [0.1, 0.15) is 44.9 Å². The van der Waals surface area contributed by atoms with Gasteiger partial charge >= 0.3 is 0 Å². The van der Waals surface area contributed by atoms with Crippen molar-refractivity contribution in [3.8, 4) is 0 Å². The molecule has 1 unspecified atom stereocenters. The first-order valence-electron chi connectivity index (χ1n) is 10.7. The van der Waals surface area contributed by atoms with Crippen LogP contribution in [0.25, 0.3) is 0 Å². The molecule has 1 atom stereocenters. The highest BCUT2D eigenvalue weighted by Gasteiger charge is 2.32. The van der Waals surface area contributed by atoms with Crippen LogP contribution in [0.5, 0.6) is 0 Å². The van der Waals surface area contributed by atoms with Crippen LogP contribution in [0.3, 0.4) is 0 Å². The van der Waals surface area contributed by atoms with Crippen LogP contribution >= 0.6 is 0 Å². The zero-order valence-corrected chi connectivity index (χ0v) is 16.8. The maximum atomic E-state index is 12.7. The van der Waals surface area contributed by atoms with Crippen molar-refractivity contribution in [2.75, 3.05) is 53.0 Å². The van der Waals surface area contributed by atoms with Crippen LogP contribution in [-0.4, -0.2) is 91.6 Å². The Kier molecular flexibility index (Phi) is 7.49. The lowest BCUT2D eigenvalue weighted by Gasteiger charge is -2.38. The number of carbonyl (C=O) groups is 2. The lowest BCUT2D eigenvalue weighted by atomic mass is 9.91. The number of amides is 2. The molecule has 27 heavy (non-hydrogen) atoms. The molecule has 0 aromatic rings. The van der Waals surface area contributed by atoms with Crippen LogP contribution in [-0.2, 0) is 14.3 Å². The van der Waals surface area contributed by atoms with Gasteiger partial charge < -0.3 is 20.3 Å². The molecule has 7 heteroatoms. The van der Waals surface area contributed by atoms with Crippen molar-refractivity contribution in [1.29, 1.82) is 0 Å². The van der Waals surface area contributed by atoms with Gasteiger partial charge in [0, 0.05) is 52.5 Å². The molecule has 2 N–H and O–H groups in total. The van der Waals surface area contributed by atoms with Crippen LogP contribution < -0.4 is 5.73 Å². The average molecular weight is 381 g/mol. The number of piperazine rings is 1. The van der Waals surface area contributed by atoms with Crippen LogP contribution in [0.4, 0.5) is 0 Å². The van der Waals surface area contributed by atoms with E-state index in [2.05, 4.69) is 4.90 Å². The largest absolute Gasteiger partial charge is 0.381 e. The first-order chi connectivity index (χ1) is 13.1. The predicted molar refractivity (Wildman–Crippen MR) is 104 cm³/mol. The fraction of sp³-hybridized carbons (Fsp3) is 0.900. The van der Waals surface area contributed by atoms with Crippen molar-refractivity contribution in [2.45, 2.75) is 57.0 Å². The second-order valence-corrected chi connectivity index (χ2v) is 8.37. The van der Waals surface area contributed by atoms with Crippen molar-refractivity contribution in [3.05, 3.63) is 0 Å². The first kappa shape index (κ1) is 20.6. The average Bonchev–Trinajstić information content (AvgIpc) is 2.74. The molecule has 2 amide bonds. The molecule has 0 bridgehead atoms. The number of rotatable bonds is 5. The van der Waals surface area contributed by atoms with E-state index in [0.717, 1.165) is 38.8 Å². The fourth-order valence-electron chi connectivity index (χ4n) is 4.59. The summed E-state index contributed by atoms with van der Waals surface area (Å²) in [7, 11) is 1.95. The first-order valence-corrected chi connectivity index (χ1v) is 10.7. The molecule has 3 fully saturated rings. The quantitative estimate of drug-likeness (QED) is 0.759. The molecule has 7 nitrogen and oxygen atoms in total. The third kappa shape index (κ3) is 5.42. The van der Waals surface area contributed by atoms with Gasteiger partial charge in [-0.2, -0.15) is 0 Å². The summed E-state index contributed by atoms with van der Waals surface area (Å²) >= 11 is 0. The highest BCUT2D eigenvalue weighted by molar-refractivity contribution is 5.82. The predicted octanol–water partition coefficient (Wildman–Crippen LogP) is 0.676. The standard InChI is InChI=1S/C20H36N4O3/c1-22(17-5-3-2-4-6-17)18(25)15-23-9-11-24(12-10-23)20(26)19(21)16-7-13-27-14-8-16/h16-17,19H,2-15,21H2,1H3. The van der Waals surface area contributed by atoms with Gasteiger partial charge in [0.25, 0.3) is 0 Å². The smallest absolute Gasteiger partial charge is 0.239 e. The summed E-state index contributed by atoms with van der Waals surface area (Å²) in [6.45, 7) is 4.69. The Balaban J connectivity index is 1.41. The molecule has 154 valence electrons. The van der Waals surface area contributed by atoms with E-state index in [4.69, 9.17) is 10.5 Å². The van der Waals surface area contributed by atoms with Gasteiger partial charge in [-0.1, -0.05) is 19.3 Å². The molecule has 0 aromatic heterocycles. The van der Waals surface area contributed by atoms with E-state index in [1.807, 2.05) is 16.8 Å². The Morgan fingerprint density at radius 2 is 1.67 bits per heavy atom. The Morgan fingerprint density at radius 1 is 1.04 bits per heavy atom. The van der Waals surface area contributed by atoms with Gasteiger partial charge in [-0.05, 0) is 31.6 Å². The van der Waals surface area contributed by atoms with Crippen molar-refractivity contribution in [3.63, 3.8) is 0 Å². The maximum Gasteiger partial charge on any atom is 0.239 e. The highest BCUT2D eigenvalue weighted by atomic mass is 16.5. The molecular formula is C20H36N4O3. The summed E-state index contributed by atoms with van der Waals surface area (Å²) in [4.78, 5) is 31.3. The number of likely N-dealkylation sites (N-methyl/N-ethyl adjacent to an activating group) is 1. The van der Waals surface area contributed by atoms with Gasteiger partial charge in [-0.15, -0.1) is 0 Å². The molecule has 0 spiro atoms. The second kappa shape index (κ2) is 9.85. The molecule has 0 radical (unpaired) electrons. The van der Waals surface area contributed by atoms with E-state index in [-0.39, 0.29) is 17.7 Å². The second-order valence-electron chi connectivity index (χ2n) is 8.37. The van der Waals surface area contributed by atoms with Gasteiger partial charge in [-0.3, -0.25) is 14.5 Å². The monoisotopic (exact) mass is 380 g/mol. The zero-order chi connectivity index (χ0) is 19.2. The van der Waals surface area contributed by atoms with E-state index in [9.17, 15) is 9.59 Å². The van der Waals surface area contributed by atoms with E-state index >= 15 is 0 Å².